The van der Waals surface area contributed by atoms with Gasteiger partial charge in [-0.25, -0.2) is 0 Å². The van der Waals surface area contributed by atoms with Crippen LogP contribution in [0.2, 0.25) is 0 Å². The summed E-state index contributed by atoms with van der Waals surface area (Å²) >= 11 is 0. The SMILES string of the molecule is CCCCCCCCCC=CCCCCCCOP(=O)(O)C(CC)[N+](C)(C)C. The van der Waals surface area contributed by atoms with Crippen LogP contribution in [0.15, 0.2) is 12.2 Å². The minimum Gasteiger partial charge on any atom is -0.320 e. The molecule has 4 nitrogen and oxygen atoms in total. The average Bonchev–Trinajstić information content (AvgIpc) is 2.60. The number of hydrogen-bond acceptors (Lipinski definition) is 2. The van der Waals surface area contributed by atoms with Crippen molar-refractivity contribution >= 4 is 7.60 Å². The van der Waals surface area contributed by atoms with E-state index in [-0.39, 0.29) is 5.78 Å². The summed E-state index contributed by atoms with van der Waals surface area (Å²) in [7, 11) is 2.29. The Bertz CT molecular complexity index is 432. The molecule has 0 amide bonds. The summed E-state index contributed by atoms with van der Waals surface area (Å²) in [6.45, 7) is 4.60. The van der Waals surface area contributed by atoms with Gasteiger partial charge < -0.3 is 13.9 Å². The maximum Gasteiger partial charge on any atom is 0.385 e. The Labute approximate surface area is 175 Å². The largest absolute Gasteiger partial charge is 0.385 e. The Morgan fingerprint density at radius 2 is 1.29 bits per heavy atom. The van der Waals surface area contributed by atoms with E-state index < -0.39 is 7.60 Å². The van der Waals surface area contributed by atoms with Crippen LogP contribution in [0, 0.1) is 0 Å². The third kappa shape index (κ3) is 14.8. The van der Waals surface area contributed by atoms with Gasteiger partial charge in [-0.15, -0.1) is 0 Å². The molecule has 0 radical (unpaired) electrons. The number of nitrogens with zero attached hydrogens (tertiary/aromatic N) is 1. The lowest BCUT2D eigenvalue weighted by Gasteiger charge is -2.35. The van der Waals surface area contributed by atoms with Crippen LogP contribution in [0.3, 0.4) is 0 Å². The fraction of sp³-hybridized carbons (Fsp3) is 0.913. The first-order valence-electron chi connectivity index (χ1n) is 11.7. The van der Waals surface area contributed by atoms with E-state index in [1.807, 2.05) is 28.1 Å². The van der Waals surface area contributed by atoms with Gasteiger partial charge in [0.1, 0.15) is 0 Å². The van der Waals surface area contributed by atoms with Crippen LogP contribution in [0.1, 0.15) is 104 Å². The molecule has 2 unspecified atom stereocenters. The van der Waals surface area contributed by atoms with Gasteiger partial charge in [0, 0.05) is 6.42 Å². The van der Waals surface area contributed by atoms with Gasteiger partial charge in [0.15, 0.2) is 5.78 Å². The topological polar surface area (TPSA) is 46.5 Å². The lowest BCUT2D eigenvalue weighted by Crippen LogP contribution is -2.44. The van der Waals surface area contributed by atoms with E-state index >= 15 is 0 Å². The molecule has 0 aliphatic rings. The van der Waals surface area contributed by atoms with Crippen LogP contribution in [-0.2, 0) is 9.09 Å². The van der Waals surface area contributed by atoms with Crippen LogP contribution in [-0.4, -0.2) is 42.9 Å². The van der Waals surface area contributed by atoms with Gasteiger partial charge in [0.05, 0.1) is 27.7 Å². The zero-order chi connectivity index (χ0) is 21.3. The minimum atomic E-state index is -3.55. The lowest BCUT2D eigenvalue weighted by atomic mass is 10.1. The monoisotopic (exact) mass is 418 g/mol. The van der Waals surface area contributed by atoms with Crippen LogP contribution >= 0.6 is 7.60 Å². The molecule has 168 valence electrons. The van der Waals surface area contributed by atoms with Crippen LogP contribution in [0.4, 0.5) is 0 Å². The predicted molar refractivity (Wildman–Crippen MR) is 123 cm³/mol. The molecule has 0 rings (SSSR count). The summed E-state index contributed by atoms with van der Waals surface area (Å²) < 4.78 is 18.3. The van der Waals surface area contributed by atoms with Crippen LogP contribution < -0.4 is 0 Å². The molecule has 5 heteroatoms. The number of quaternary nitrogens is 1. The van der Waals surface area contributed by atoms with Crippen LogP contribution in [0.25, 0.3) is 0 Å². The molecule has 0 saturated carbocycles. The fourth-order valence-electron chi connectivity index (χ4n) is 3.67. The Kier molecular flexibility index (Phi) is 16.5. The van der Waals surface area contributed by atoms with E-state index in [0.717, 1.165) is 25.7 Å². The van der Waals surface area contributed by atoms with Gasteiger partial charge in [-0.3, -0.25) is 4.57 Å². The molecule has 0 aromatic rings. The molecule has 0 saturated heterocycles. The smallest absolute Gasteiger partial charge is 0.320 e. The molecule has 0 aromatic carbocycles. The number of rotatable bonds is 19. The third-order valence-corrected chi connectivity index (χ3v) is 7.68. The van der Waals surface area contributed by atoms with E-state index in [9.17, 15) is 9.46 Å². The maximum atomic E-state index is 12.4. The van der Waals surface area contributed by atoms with Gasteiger partial charge in [-0.1, -0.05) is 77.4 Å². The molecule has 1 N–H and O–H groups in total. The third-order valence-electron chi connectivity index (χ3n) is 5.32. The van der Waals surface area contributed by atoms with Gasteiger partial charge in [-0.2, -0.15) is 0 Å². The summed E-state index contributed by atoms with van der Waals surface area (Å²) in [5.74, 6) is -0.353. The van der Waals surface area contributed by atoms with Crippen molar-refractivity contribution in [3.63, 3.8) is 0 Å². The first kappa shape index (κ1) is 27.8. The van der Waals surface area contributed by atoms with Crippen molar-refractivity contribution in [3.8, 4) is 0 Å². The van der Waals surface area contributed by atoms with Crippen molar-refractivity contribution in [2.24, 2.45) is 0 Å². The second kappa shape index (κ2) is 16.6. The molecular weight excluding hydrogens is 369 g/mol. The predicted octanol–water partition coefficient (Wildman–Crippen LogP) is 7.28. The first-order valence-corrected chi connectivity index (χ1v) is 13.3. The van der Waals surface area contributed by atoms with Gasteiger partial charge in [0.2, 0.25) is 0 Å². The molecular formula is C23H49NO3P+. The van der Waals surface area contributed by atoms with Crippen molar-refractivity contribution in [1.82, 2.24) is 0 Å². The zero-order valence-electron chi connectivity index (χ0n) is 19.5. The van der Waals surface area contributed by atoms with Gasteiger partial charge >= 0.3 is 7.60 Å². The number of hydrogen-bond donors (Lipinski definition) is 1. The van der Waals surface area contributed by atoms with E-state index in [1.54, 1.807) is 0 Å². The number of allylic oxidation sites excluding steroid dienone is 2. The van der Waals surface area contributed by atoms with Gasteiger partial charge in [0.25, 0.3) is 0 Å². The molecule has 2 atom stereocenters. The summed E-state index contributed by atoms with van der Waals surface area (Å²) in [6, 6.07) is 0. The number of unbranched alkanes of at least 4 members (excludes halogenated alkanes) is 11. The van der Waals surface area contributed by atoms with E-state index in [4.69, 9.17) is 4.52 Å². The molecule has 0 spiro atoms. The summed E-state index contributed by atoms with van der Waals surface area (Å²) in [4.78, 5) is 10.2. The van der Waals surface area contributed by atoms with Crippen LogP contribution in [0.5, 0.6) is 0 Å². The second-order valence-electron chi connectivity index (χ2n) is 8.99. The fourth-order valence-corrected chi connectivity index (χ4v) is 5.57. The first-order chi connectivity index (χ1) is 13.3. The molecule has 0 aliphatic heterocycles. The Morgan fingerprint density at radius 1 is 0.821 bits per heavy atom. The summed E-state index contributed by atoms with van der Waals surface area (Å²) in [5, 5.41) is 0. The van der Waals surface area contributed by atoms with E-state index in [0.29, 0.717) is 17.5 Å². The molecule has 0 aliphatic carbocycles. The highest BCUT2D eigenvalue weighted by Crippen LogP contribution is 2.51. The highest BCUT2D eigenvalue weighted by molar-refractivity contribution is 7.53. The quantitative estimate of drug-likeness (QED) is 0.104. The minimum absolute atomic E-state index is 0.353. The Hall–Kier alpha value is -0.150. The van der Waals surface area contributed by atoms with Crippen molar-refractivity contribution in [3.05, 3.63) is 12.2 Å². The van der Waals surface area contributed by atoms with Crippen molar-refractivity contribution in [1.29, 1.82) is 0 Å². The molecule has 0 fully saturated rings. The molecule has 28 heavy (non-hydrogen) atoms. The van der Waals surface area contributed by atoms with Crippen molar-refractivity contribution in [2.75, 3.05) is 27.7 Å². The molecule has 0 bridgehead atoms. The molecule has 0 aromatic heterocycles. The highest BCUT2D eigenvalue weighted by atomic mass is 31.2. The second-order valence-corrected chi connectivity index (χ2v) is 11.0. The van der Waals surface area contributed by atoms with E-state index in [1.165, 1.54) is 57.8 Å². The van der Waals surface area contributed by atoms with Crippen molar-refractivity contribution < 1.29 is 18.5 Å². The van der Waals surface area contributed by atoms with Crippen molar-refractivity contribution in [2.45, 2.75) is 110 Å². The maximum absolute atomic E-state index is 12.4. The summed E-state index contributed by atoms with van der Waals surface area (Å²) in [5.41, 5.74) is 0. The average molecular weight is 419 g/mol. The standard InChI is InChI=1S/C23H48NO3P/c1-6-8-9-10-11-12-13-14-15-16-17-18-19-20-21-22-27-28(25,26)23(7-2)24(3,4)5/h15-16,23H,6-14,17-22H2,1-5H3/p+1. The molecule has 0 heterocycles. The van der Waals surface area contributed by atoms with Gasteiger partial charge in [-0.05, 0) is 32.1 Å². The normalized spacial score (nSPS) is 15.8. The lowest BCUT2D eigenvalue weighted by molar-refractivity contribution is -0.883. The van der Waals surface area contributed by atoms with E-state index in [2.05, 4.69) is 19.1 Å². The Morgan fingerprint density at radius 3 is 1.75 bits per heavy atom. The highest BCUT2D eigenvalue weighted by Gasteiger charge is 2.41. The summed E-state index contributed by atoms with van der Waals surface area (Å²) in [6.07, 6.45) is 21.6. The Balaban J connectivity index is 3.58. The zero-order valence-corrected chi connectivity index (χ0v) is 20.4.